The fraction of sp³-hybridized carbons (Fsp3) is 0.294. The molecule has 3 heteroatoms. The number of fused-ring (bicyclic) bond motifs is 1. The van der Waals surface area contributed by atoms with E-state index in [4.69, 9.17) is 11.6 Å². The van der Waals surface area contributed by atoms with E-state index in [0.29, 0.717) is 12.1 Å². The summed E-state index contributed by atoms with van der Waals surface area (Å²) in [6, 6.07) is 15.5. The van der Waals surface area contributed by atoms with Crippen LogP contribution >= 0.6 is 27.5 Å². The van der Waals surface area contributed by atoms with Gasteiger partial charge in [0.15, 0.2) is 0 Å². The lowest BCUT2D eigenvalue weighted by Crippen LogP contribution is -2.32. The van der Waals surface area contributed by atoms with Gasteiger partial charge in [0.2, 0.25) is 0 Å². The topological polar surface area (TPSA) is 12.0 Å². The smallest absolute Gasteiger partial charge is 0.0408 e. The second-order valence-electron chi connectivity index (χ2n) is 5.43. The molecule has 3 rings (SSSR count). The number of hydrogen-bond donors (Lipinski definition) is 1. The first kappa shape index (κ1) is 14.1. The third kappa shape index (κ3) is 2.93. The molecule has 0 bridgehead atoms. The molecule has 0 saturated carbocycles. The van der Waals surface area contributed by atoms with Crippen LogP contribution in [0.15, 0.2) is 46.9 Å². The molecule has 104 valence electrons. The van der Waals surface area contributed by atoms with Crippen molar-refractivity contribution in [2.75, 3.05) is 0 Å². The summed E-state index contributed by atoms with van der Waals surface area (Å²) in [4.78, 5) is 0. The molecule has 0 amide bonds. The molecule has 20 heavy (non-hydrogen) atoms. The van der Waals surface area contributed by atoms with Gasteiger partial charge in [-0.05, 0) is 54.7 Å². The minimum Gasteiger partial charge on any atom is -0.307 e. The number of hydrogen-bond acceptors (Lipinski definition) is 1. The first-order valence-electron chi connectivity index (χ1n) is 6.91. The van der Waals surface area contributed by atoms with Crippen molar-refractivity contribution in [2.45, 2.75) is 31.8 Å². The predicted molar refractivity (Wildman–Crippen MR) is 88.3 cm³/mol. The highest BCUT2D eigenvalue weighted by Crippen LogP contribution is 2.28. The van der Waals surface area contributed by atoms with Crippen molar-refractivity contribution in [2.24, 2.45) is 0 Å². The van der Waals surface area contributed by atoms with E-state index in [1.165, 1.54) is 21.2 Å². The summed E-state index contributed by atoms with van der Waals surface area (Å²) in [5.74, 6) is 0. The highest BCUT2D eigenvalue weighted by Gasteiger charge is 2.23. The quantitative estimate of drug-likeness (QED) is 0.828. The number of nitrogens with one attached hydrogen (secondary N) is 1. The number of halogens is 2. The maximum Gasteiger partial charge on any atom is 0.0408 e. The van der Waals surface area contributed by atoms with Gasteiger partial charge < -0.3 is 5.32 Å². The molecule has 1 aliphatic rings. The molecule has 0 fully saturated rings. The van der Waals surface area contributed by atoms with Gasteiger partial charge in [0.05, 0.1) is 0 Å². The average molecular weight is 351 g/mol. The first-order chi connectivity index (χ1) is 9.63. The van der Waals surface area contributed by atoms with Crippen LogP contribution in [0.3, 0.4) is 0 Å². The molecule has 1 aliphatic carbocycles. The van der Waals surface area contributed by atoms with Gasteiger partial charge in [0.25, 0.3) is 0 Å². The van der Waals surface area contributed by atoms with Gasteiger partial charge >= 0.3 is 0 Å². The fourth-order valence-corrected chi connectivity index (χ4v) is 3.80. The van der Waals surface area contributed by atoms with E-state index < -0.39 is 0 Å². The molecular formula is C17H17BrClN. The van der Waals surface area contributed by atoms with Gasteiger partial charge in [-0.2, -0.15) is 0 Å². The van der Waals surface area contributed by atoms with Crippen molar-refractivity contribution in [3.63, 3.8) is 0 Å². The van der Waals surface area contributed by atoms with E-state index in [0.717, 1.165) is 17.9 Å². The van der Waals surface area contributed by atoms with Crippen molar-refractivity contribution < 1.29 is 0 Å². The second-order valence-corrected chi connectivity index (χ2v) is 6.72. The van der Waals surface area contributed by atoms with Crippen LogP contribution in [0.25, 0.3) is 0 Å². The van der Waals surface area contributed by atoms with E-state index in [1.54, 1.807) is 0 Å². The maximum atomic E-state index is 6.07. The first-order valence-corrected chi connectivity index (χ1v) is 8.08. The Kier molecular flexibility index (Phi) is 4.16. The Morgan fingerprint density at radius 2 is 1.90 bits per heavy atom. The van der Waals surface area contributed by atoms with Crippen LogP contribution in [-0.2, 0) is 12.8 Å². The molecule has 0 spiro atoms. The normalized spacial score (nSPS) is 18.9. The van der Waals surface area contributed by atoms with Crippen molar-refractivity contribution in [1.29, 1.82) is 0 Å². The van der Waals surface area contributed by atoms with E-state index in [2.05, 4.69) is 58.5 Å². The molecular weight excluding hydrogens is 334 g/mol. The van der Waals surface area contributed by atoms with Crippen LogP contribution in [0.1, 0.15) is 29.7 Å². The summed E-state index contributed by atoms with van der Waals surface area (Å²) in [6.45, 7) is 2.22. The van der Waals surface area contributed by atoms with E-state index in [-0.39, 0.29) is 0 Å². The van der Waals surface area contributed by atoms with Crippen molar-refractivity contribution in [3.8, 4) is 0 Å². The highest BCUT2D eigenvalue weighted by molar-refractivity contribution is 9.10. The third-order valence-corrected chi connectivity index (χ3v) is 4.92. The molecule has 2 aromatic rings. The molecule has 0 aromatic heterocycles. The van der Waals surface area contributed by atoms with Gasteiger partial charge in [-0.3, -0.25) is 0 Å². The van der Waals surface area contributed by atoms with E-state index in [9.17, 15) is 0 Å². The van der Waals surface area contributed by atoms with Crippen molar-refractivity contribution >= 4 is 27.5 Å². The number of rotatable bonds is 3. The molecule has 0 aliphatic heterocycles. The zero-order valence-electron chi connectivity index (χ0n) is 11.4. The van der Waals surface area contributed by atoms with Gasteiger partial charge in [-0.1, -0.05) is 51.8 Å². The Balaban J connectivity index is 1.70. The molecule has 1 N–H and O–H groups in total. The minimum atomic E-state index is 0.334. The molecule has 0 heterocycles. The van der Waals surface area contributed by atoms with Gasteiger partial charge in [0, 0.05) is 21.6 Å². The lowest BCUT2D eigenvalue weighted by atomic mass is 10.1. The fourth-order valence-electron chi connectivity index (χ4n) is 2.97. The Hall–Kier alpha value is -0.830. The molecule has 2 atom stereocenters. The summed E-state index contributed by atoms with van der Waals surface area (Å²) < 4.78 is 1.17. The standard InChI is InChI=1S/C17H17BrClN/c1-11(16-4-2-3-5-17(16)18)20-15-9-12-6-7-14(19)8-13(12)10-15/h2-8,11,15,20H,9-10H2,1H3/t11-,15?/m0/s1. The molecule has 1 unspecified atom stereocenters. The van der Waals surface area contributed by atoms with E-state index in [1.807, 2.05) is 12.1 Å². The van der Waals surface area contributed by atoms with E-state index >= 15 is 0 Å². The van der Waals surface area contributed by atoms with Crippen molar-refractivity contribution in [3.05, 3.63) is 68.7 Å². The number of benzene rings is 2. The van der Waals surface area contributed by atoms with Gasteiger partial charge in [-0.15, -0.1) is 0 Å². The van der Waals surface area contributed by atoms with Crippen LogP contribution in [0.5, 0.6) is 0 Å². The molecule has 0 saturated heterocycles. The SMILES string of the molecule is C[C@H](NC1Cc2ccc(Cl)cc2C1)c1ccccc1Br. The van der Waals surface area contributed by atoms with Crippen LogP contribution in [0.4, 0.5) is 0 Å². The minimum absolute atomic E-state index is 0.334. The monoisotopic (exact) mass is 349 g/mol. The third-order valence-electron chi connectivity index (χ3n) is 3.96. The summed E-state index contributed by atoms with van der Waals surface area (Å²) in [6.07, 6.45) is 2.14. The lowest BCUT2D eigenvalue weighted by Gasteiger charge is -2.20. The Morgan fingerprint density at radius 1 is 1.15 bits per heavy atom. The van der Waals surface area contributed by atoms with Crippen LogP contribution in [0, 0.1) is 0 Å². The maximum absolute atomic E-state index is 6.07. The van der Waals surface area contributed by atoms with Gasteiger partial charge in [-0.25, -0.2) is 0 Å². The average Bonchev–Trinajstić information content (AvgIpc) is 2.80. The highest BCUT2D eigenvalue weighted by atomic mass is 79.9. The molecule has 0 radical (unpaired) electrons. The summed E-state index contributed by atoms with van der Waals surface area (Å²) in [7, 11) is 0. The van der Waals surface area contributed by atoms with Crippen LogP contribution in [-0.4, -0.2) is 6.04 Å². The Labute approximate surface area is 133 Å². The van der Waals surface area contributed by atoms with Gasteiger partial charge in [0.1, 0.15) is 0 Å². The molecule has 2 aromatic carbocycles. The largest absolute Gasteiger partial charge is 0.307 e. The molecule has 1 nitrogen and oxygen atoms in total. The van der Waals surface area contributed by atoms with Crippen LogP contribution in [0.2, 0.25) is 5.02 Å². The summed E-state index contributed by atoms with van der Waals surface area (Å²) in [5, 5.41) is 4.57. The van der Waals surface area contributed by atoms with Crippen molar-refractivity contribution in [1.82, 2.24) is 5.32 Å². The van der Waals surface area contributed by atoms with Crippen LogP contribution < -0.4 is 5.32 Å². The summed E-state index contributed by atoms with van der Waals surface area (Å²) in [5.41, 5.74) is 4.11. The summed E-state index contributed by atoms with van der Waals surface area (Å²) >= 11 is 9.69. The lowest BCUT2D eigenvalue weighted by molar-refractivity contribution is 0.466. The Morgan fingerprint density at radius 3 is 2.70 bits per heavy atom. The Bertz CT molecular complexity index is 626. The predicted octanol–water partition coefficient (Wildman–Crippen LogP) is 4.92. The second kappa shape index (κ2) is 5.88. The zero-order valence-corrected chi connectivity index (χ0v) is 13.7. The zero-order chi connectivity index (χ0) is 14.1.